The summed E-state index contributed by atoms with van der Waals surface area (Å²) in [6.07, 6.45) is 0.847. The Morgan fingerprint density at radius 1 is 1.53 bits per heavy atom. The van der Waals surface area contributed by atoms with Crippen molar-refractivity contribution in [3.8, 4) is 0 Å². The number of hydrogen-bond donors (Lipinski definition) is 2. The fourth-order valence-corrected chi connectivity index (χ4v) is 2.69. The number of fused-ring (bicyclic) bond motifs is 1. The fourth-order valence-electron chi connectivity index (χ4n) is 2.53. The van der Waals surface area contributed by atoms with Crippen LogP contribution in [0.15, 0.2) is 12.3 Å². The molecule has 102 valence electrons. The van der Waals surface area contributed by atoms with Gasteiger partial charge in [0, 0.05) is 24.1 Å². The molecule has 0 aromatic carbocycles. The molecule has 19 heavy (non-hydrogen) atoms. The summed E-state index contributed by atoms with van der Waals surface area (Å²) in [5.41, 5.74) is -0.456. The van der Waals surface area contributed by atoms with Crippen LogP contribution in [-0.2, 0) is 5.60 Å². The molecule has 3 rings (SSSR count). The monoisotopic (exact) mass is 287 g/mol. The van der Waals surface area contributed by atoms with Gasteiger partial charge in [-0.2, -0.15) is 5.10 Å². The number of pyridine rings is 1. The third kappa shape index (κ3) is 1.99. The maximum Gasteiger partial charge on any atom is 0.248 e. The van der Waals surface area contributed by atoms with Gasteiger partial charge in [0.1, 0.15) is 16.4 Å². The van der Waals surface area contributed by atoms with Crippen molar-refractivity contribution in [2.75, 3.05) is 0 Å². The summed E-state index contributed by atoms with van der Waals surface area (Å²) in [5.74, 6) is -3.19. The van der Waals surface area contributed by atoms with E-state index in [4.69, 9.17) is 11.6 Å². The van der Waals surface area contributed by atoms with Crippen LogP contribution in [0.4, 0.5) is 8.78 Å². The molecular weight excluding hydrogens is 276 g/mol. The number of rotatable bonds is 2. The van der Waals surface area contributed by atoms with Gasteiger partial charge < -0.3 is 5.11 Å². The van der Waals surface area contributed by atoms with Crippen molar-refractivity contribution in [3.63, 3.8) is 0 Å². The summed E-state index contributed by atoms with van der Waals surface area (Å²) in [6, 6.07) is 1.57. The first-order chi connectivity index (χ1) is 8.79. The summed E-state index contributed by atoms with van der Waals surface area (Å²) in [5, 5.41) is 18.2. The van der Waals surface area contributed by atoms with E-state index in [1.54, 1.807) is 6.07 Å². The van der Waals surface area contributed by atoms with E-state index in [9.17, 15) is 13.9 Å². The SMILES string of the molecule is CC(O)(c1n[nH]c2cnc(Cl)cc12)C1CC(F)(F)C1. The Balaban J connectivity index is 2.01. The van der Waals surface area contributed by atoms with Gasteiger partial charge in [0.25, 0.3) is 0 Å². The number of nitrogens with one attached hydrogen (secondary N) is 1. The van der Waals surface area contributed by atoms with Crippen molar-refractivity contribution in [1.82, 2.24) is 15.2 Å². The lowest BCUT2D eigenvalue weighted by molar-refractivity contribution is -0.175. The zero-order valence-corrected chi connectivity index (χ0v) is 10.9. The van der Waals surface area contributed by atoms with Gasteiger partial charge in [-0.25, -0.2) is 13.8 Å². The molecule has 1 aliphatic rings. The third-order valence-corrected chi connectivity index (χ3v) is 3.99. The van der Waals surface area contributed by atoms with E-state index >= 15 is 0 Å². The van der Waals surface area contributed by atoms with E-state index in [0.717, 1.165) is 0 Å². The molecule has 7 heteroatoms. The van der Waals surface area contributed by atoms with Crippen molar-refractivity contribution >= 4 is 22.5 Å². The van der Waals surface area contributed by atoms with Crippen LogP contribution in [0.5, 0.6) is 0 Å². The van der Waals surface area contributed by atoms with Crippen LogP contribution in [0.1, 0.15) is 25.5 Å². The Labute approximate surface area is 112 Å². The van der Waals surface area contributed by atoms with Crippen molar-refractivity contribution in [1.29, 1.82) is 0 Å². The first kappa shape index (κ1) is 12.7. The summed E-state index contributed by atoms with van der Waals surface area (Å²) in [6.45, 7) is 1.51. The predicted molar refractivity (Wildman–Crippen MR) is 66.1 cm³/mol. The normalized spacial score (nSPS) is 22.2. The topological polar surface area (TPSA) is 61.8 Å². The van der Waals surface area contributed by atoms with E-state index in [1.807, 2.05) is 0 Å². The molecule has 4 nitrogen and oxygen atoms in total. The highest BCUT2D eigenvalue weighted by Crippen LogP contribution is 2.51. The number of alkyl halides is 2. The van der Waals surface area contributed by atoms with Gasteiger partial charge in [-0.15, -0.1) is 0 Å². The average Bonchev–Trinajstić information content (AvgIpc) is 2.69. The number of aliphatic hydroxyl groups is 1. The van der Waals surface area contributed by atoms with Gasteiger partial charge in [-0.3, -0.25) is 5.10 Å². The molecular formula is C12H12ClF2N3O. The maximum absolute atomic E-state index is 13.0. The van der Waals surface area contributed by atoms with Crippen molar-refractivity contribution < 1.29 is 13.9 Å². The van der Waals surface area contributed by atoms with E-state index in [2.05, 4.69) is 15.2 Å². The quantitative estimate of drug-likeness (QED) is 0.835. The zero-order chi connectivity index (χ0) is 13.8. The number of aromatic amines is 1. The Hall–Kier alpha value is -1.27. The van der Waals surface area contributed by atoms with Gasteiger partial charge in [-0.05, 0) is 13.0 Å². The summed E-state index contributed by atoms with van der Waals surface area (Å²) in [4.78, 5) is 3.90. The third-order valence-electron chi connectivity index (χ3n) is 3.78. The van der Waals surface area contributed by atoms with Crippen LogP contribution in [0, 0.1) is 5.92 Å². The second-order valence-electron chi connectivity index (χ2n) is 5.23. The van der Waals surface area contributed by atoms with E-state index in [0.29, 0.717) is 16.6 Å². The number of aromatic nitrogens is 3. The Morgan fingerprint density at radius 2 is 2.21 bits per heavy atom. The van der Waals surface area contributed by atoms with Gasteiger partial charge in [-0.1, -0.05) is 11.6 Å². The molecule has 2 aromatic heterocycles. The predicted octanol–water partition coefficient (Wildman–Crippen LogP) is 2.86. The van der Waals surface area contributed by atoms with Gasteiger partial charge in [0.05, 0.1) is 11.7 Å². The van der Waals surface area contributed by atoms with Crippen LogP contribution < -0.4 is 0 Å². The van der Waals surface area contributed by atoms with E-state index in [-0.39, 0.29) is 18.0 Å². The summed E-state index contributed by atoms with van der Waals surface area (Å²) >= 11 is 5.82. The molecule has 0 saturated heterocycles. The Bertz CT molecular complexity index is 633. The van der Waals surface area contributed by atoms with Crippen molar-refractivity contribution in [3.05, 3.63) is 23.1 Å². The molecule has 1 atom stereocenters. The summed E-state index contributed by atoms with van der Waals surface area (Å²) in [7, 11) is 0. The first-order valence-corrected chi connectivity index (χ1v) is 6.28. The standard InChI is InChI=1S/C12H12ClF2N3O/c1-11(19,6-3-12(14,15)4-6)10-7-2-9(13)16-5-8(7)17-18-10/h2,5-6,19H,3-4H2,1H3,(H,17,18). The minimum Gasteiger partial charge on any atom is -0.383 e. The van der Waals surface area contributed by atoms with Gasteiger partial charge >= 0.3 is 0 Å². The lowest BCUT2D eigenvalue weighted by atomic mass is 9.69. The Kier molecular flexibility index (Phi) is 2.59. The van der Waals surface area contributed by atoms with Crippen molar-refractivity contribution in [2.45, 2.75) is 31.3 Å². The molecule has 0 bridgehead atoms. The van der Waals surface area contributed by atoms with Crippen LogP contribution in [0.25, 0.3) is 10.9 Å². The molecule has 0 spiro atoms. The fraction of sp³-hybridized carbons (Fsp3) is 0.500. The molecule has 1 saturated carbocycles. The molecule has 2 aromatic rings. The van der Waals surface area contributed by atoms with Crippen LogP contribution >= 0.6 is 11.6 Å². The molecule has 2 N–H and O–H groups in total. The minimum absolute atomic E-state index is 0.268. The van der Waals surface area contributed by atoms with Crippen LogP contribution in [0.3, 0.4) is 0 Å². The molecule has 1 aliphatic carbocycles. The first-order valence-electron chi connectivity index (χ1n) is 5.90. The second-order valence-corrected chi connectivity index (χ2v) is 5.62. The van der Waals surface area contributed by atoms with E-state index in [1.165, 1.54) is 13.1 Å². The lowest BCUT2D eigenvalue weighted by Crippen LogP contribution is -2.47. The van der Waals surface area contributed by atoms with Gasteiger partial charge in [0.2, 0.25) is 5.92 Å². The minimum atomic E-state index is -2.68. The van der Waals surface area contributed by atoms with E-state index < -0.39 is 17.4 Å². The highest BCUT2D eigenvalue weighted by molar-refractivity contribution is 6.30. The molecule has 1 unspecified atom stereocenters. The number of nitrogens with zero attached hydrogens (tertiary/aromatic N) is 2. The average molecular weight is 288 g/mol. The second kappa shape index (κ2) is 3.86. The molecule has 0 radical (unpaired) electrons. The molecule has 1 fully saturated rings. The molecule has 0 amide bonds. The number of halogens is 3. The smallest absolute Gasteiger partial charge is 0.248 e. The van der Waals surface area contributed by atoms with Crippen LogP contribution in [0.2, 0.25) is 5.15 Å². The molecule has 0 aliphatic heterocycles. The van der Waals surface area contributed by atoms with Gasteiger partial charge in [0.15, 0.2) is 0 Å². The van der Waals surface area contributed by atoms with Crippen molar-refractivity contribution in [2.24, 2.45) is 5.92 Å². The largest absolute Gasteiger partial charge is 0.383 e. The number of H-pyrrole nitrogens is 1. The zero-order valence-electron chi connectivity index (χ0n) is 10.1. The number of hydrogen-bond acceptors (Lipinski definition) is 3. The highest BCUT2D eigenvalue weighted by Gasteiger charge is 2.54. The summed E-state index contributed by atoms with van der Waals surface area (Å²) < 4.78 is 25.9. The molecule has 2 heterocycles. The lowest BCUT2D eigenvalue weighted by Gasteiger charge is -2.43. The maximum atomic E-state index is 13.0. The van der Waals surface area contributed by atoms with Crippen LogP contribution in [-0.4, -0.2) is 26.2 Å². The Morgan fingerprint density at radius 3 is 2.84 bits per heavy atom. The highest BCUT2D eigenvalue weighted by atomic mass is 35.5.